The van der Waals surface area contributed by atoms with E-state index in [0.717, 1.165) is 11.3 Å². The van der Waals surface area contributed by atoms with Gasteiger partial charge in [-0.1, -0.05) is 12.1 Å². The van der Waals surface area contributed by atoms with Crippen LogP contribution in [0.3, 0.4) is 0 Å². The van der Waals surface area contributed by atoms with E-state index < -0.39 is 6.10 Å². The molecule has 0 aliphatic carbocycles. The van der Waals surface area contributed by atoms with Crippen LogP contribution in [-0.4, -0.2) is 36.6 Å². The Morgan fingerprint density at radius 2 is 1.67 bits per heavy atom. The van der Waals surface area contributed by atoms with Gasteiger partial charge in [0, 0.05) is 0 Å². The van der Waals surface area contributed by atoms with Crippen molar-refractivity contribution in [1.29, 1.82) is 0 Å². The fraction of sp³-hybridized carbons (Fsp3) is 0.647. The maximum atomic E-state index is 10.0. The summed E-state index contributed by atoms with van der Waals surface area (Å²) in [6, 6.07) is 7.44. The molecule has 1 aromatic carbocycles. The molecular formula is C17H28O4. The zero-order valence-electron chi connectivity index (χ0n) is 13.8. The molecule has 1 unspecified atom stereocenters. The summed E-state index contributed by atoms with van der Waals surface area (Å²) < 4.78 is 16.5. The molecule has 0 spiro atoms. The smallest absolute Gasteiger partial charge is 0.119 e. The average molecular weight is 296 g/mol. The highest BCUT2D eigenvalue weighted by atomic mass is 16.5. The Balaban J connectivity index is 2.30. The molecule has 0 saturated carbocycles. The Morgan fingerprint density at radius 1 is 1.05 bits per heavy atom. The van der Waals surface area contributed by atoms with Crippen LogP contribution in [0, 0.1) is 0 Å². The minimum absolute atomic E-state index is 0.145. The molecule has 0 radical (unpaired) electrons. The van der Waals surface area contributed by atoms with E-state index in [4.69, 9.17) is 14.2 Å². The van der Waals surface area contributed by atoms with Crippen molar-refractivity contribution in [2.75, 3.05) is 19.8 Å². The summed E-state index contributed by atoms with van der Waals surface area (Å²) in [6.45, 7) is 11.2. The molecule has 0 aromatic heterocycles. The first-order valence-electron chi connectivity index (χ1n) is 7.44. The second kappa shape index (κ2) is 8.37. The molecule has 4 nitrogen and oxygen atoms in total. The summed E-state index contributed by atoms with van der Waals surface area (Å²) in [5.74, 6) is 0.806. The molecule has 0 heterocycles. The van der Waals surface area contributed by atoms with Gasteiger partial charge in [-0.05, 0) is 52.3 Å². The van der Waals surface area contributed by atoms with Crippen molar-refractivity contribution in [2.45, 2.75) is 52.4 Å². The standard InChI is InChI=1S/C17H28O4/c1-13(2)21-15-8-6-14(7-9-15)16(18)12-19-10-11-20-17(3,4)5/h6-9,13,16,18H,10-12H2,1-5H3. The van der Waals surface area contributed by atoms with Crippen molar-refractivity contribution in [2.24, 2.45) is 0 Å². The summed E-state index contributed by atoms with van der Waals surface area (Å²) >= 11 is 0. The number of aliphatic hydroxyl groups is 1. The second-order valence-corrected chi connectivity index (χ2v) is 6.29. The average Bonchev–Trinajstić information content (AvgIpc) is 2.37. The molecule has 120 valence electrons. The van der Waals surface area contributed by atoms with Crippen molar-refractivity contribution in [3.8, 4) is 5.75 Å². The molecule has 1 aromatic rings. The van der Waals surface area contributed by atoms with Crippen LogP contribution < -0.4 is 4.74 Å². The summed E-state index contributed by atoms with van der Waals surface area (Å²) in [5, 5.41) is 10.0. The number of rotatable bonds is 8. The van der Waals surface area contributed by atoms with Crippen LogP contribution in [0.4, 0.5) is 0 Å². The number of hydrogen-bond donors (Lipinski definition) is 1. The topological polar surface area (TPSA) is 47.9 Å². The van der Waals surface area contributed by atoms with E-state index in [1.165, 1.54) is 0 Å². The van der Waals surface area contributed by atoms with Crippen molar-refractivity contribution >= 4 is 0 Å². The molecule has 0 saturated heterocycles. The summed E-state index contributed by atoms with van der Waals surface area (Å²) in [5.41, 5.74) is 0.664. The van der Waals surface area contributed by atoms with Crippen LogP contribution in [0.5, 0.6) is 5.75 Å². The second-order valence-electron chi connectivity index (χ2n) is 6.29. The van der Waals surface area contributed by atoms with Crippen molar-refractivity contribution in [1.82, 2.24) is 0 Å². The first-order chi connectivity index (χ1) is 9.78. The van der Waals surface area contributed by atoms with Crippen LogP contribution in [0.15, 0.2) is 24.3 Å². The molecule has 1 rings (SSSR count). The molecule has 21 heavy (non-hydrogen) atoms. The number of ether oxygens (including phenoxy) is 3. The minimum atomic E-state index is -0.632. The highest BCUT2D eigenvalue weighted by Crippen LogP contribution is 2.19. The molecule has 1 N–H and O–H groups in total. The van der Waals surface area contributed by atoms with E-state index in [9.17, 15) is 5.11 Å². The quantitative estimate of drug-likeness (QED) is 0.747. The lowest BCUT2D eigenvalue weighted by Crippen LogP contribution is -2.22. The predicted octanol–water partition coefficient (Wildman–Crippen LogP) is 3.34. The first-order valence-corrected chi connectivity index (χ1v) is 7.44. The van der Waals surface area contributed by atoms with Gasteiger partial charge in [-0.2, -0.15) is 0 Å². The van der Waals surface area contributed by atoms with E-state index in [0.29, 0.717) is 13.2 Å². The van der Waals surface area contributed by atoms with Crippen molar-refractivity contribution in [3.05, 3.63) is 29.8 Å². The zero-order chi connectivity index (χ0) is 15.9. The van der Waals surface area contributed by atoms with Gasteiger partial charge in [0.15, 0.2) is 0 Å². The van der Waals surface area contributed by atoms with Crippen LogP contribution >= 0.6 is 0 Å². The fourth-order valence-corrected chi connectivity index (χ4v) is 1.74. The van der Waals surface area contributed by atoms with Gasteiger partial charge in [-0.25, -0.2) is 0 Å². The Labute approximate surface area is 128 Å². The third-order valence-corrected chi connectivity index (χ3v) is 2.68. The highest BCUT2D eigenvalue weighted by molar-refractivity contribution is 5.28. The van der Waals surface area contributed by atoms with Gasteiger partial charge in [-0.15, -0.1) is 0 Å². The Kier molecular flexibility index (Phi) is 7.15. The van der Waals surface area contributed by atoms with Gasteiger partial charge in [0.1, 0.15) is 11.9 Å². The monoisotopic (exact) mass is 296 g/mol. The highest BCUT2D eigenvalue weighted by Gasteiger charge is 2.11. The van der Waals surface area contributed by atoms with Gasteiger partial charge >= 0.3 is 0 Å². The number of aliphatic hydroxyl groups excluding tert-OH is 1. The third-order valence-electron chi connectivity index (χ3n) is 2.68. The molecule has 0 amide bonds. The van der Waals surface area contributed by atoms with Gasteiger partial charge in [-0.3, -0.25) is 0 Å². The van der Waals surface area contributed by atoms with Crippen LogP contribution in [0.25, 0.3) is 0 Å². The lowest BCUT2D eigenvalue weighted by Gasteiger charge is -2.19. The van der Waals surface area contributed by atoms with Crippen molar-refractivity contribution < 1.29 is 19.3 Å². The SMILES string of the molecule is CC(C)Oc1ccc(C(O)COCCOC(C)(C)C)cc1. The molecule has 1 atom stereocenters. The Bertz CT molecular complexity index is 392. The summed E-state index contributed by atoms with van der Waals surface area (Å²) in [7, 11) is 0. The van der Waals surface area contributed by atoms with Gasteiger partial charge in [0.2, 0.25) is 0 Å². The van der Waals surface area contributed by atoms with Crippen LogP contribution in [-0.2, 0) is 9.47 Å². The summed E-state index contributed by atoms with van der Waals surface area (Å²) in [4.78, 5) is 0. The molecular weight excluding hydrogens is 268 g/mol. The summed E-state index contributed by atoms with van der Waals surface area (Å²) in [6.07, 6.45) is -0.486. The zero-order valence-corrected chi connectivity index (χ0v) is 13.8. The third kappa shape index (κ3) is 8.05. The largest absolute Gasteiger partial charge is 0.491 e. The van der Waals surface area contributed by atoms with E-state index in [1.54, 1.807) is 0 Å². The molecule has 4 heteroatoms. The number of hydrogen-bond acceptors (Lipinski definition) is 4. The Hall–Kier alpha value is -1.10. The van der Waals surface area contributed by atoms with Crippen LogP contribution in [0.2, 0.25) is 0 Å². The molecule has 0 bridgehead atoms. The van der Waals surface area contributed by atoms with Crippen LogP contribution in [0.1, 0.15) is 46.3 Å². The minimum Gasteiger partial charge on any atom is -0.491 e. The van der Waals surface area contributed by atoms with E-state index in [2.05, 4.69) is 0 Å². The molecule has 0 aliphatic heterocycles. The lowest BCUT2D eigenvalue weighted by molar-refractivity contribution is -0.0477. The predicted molar refractivity (Wildman–Crippen MR) is 83.7 cm³/mol. The number of benzene rings is 1. The van der Waals surface area contributed by atoms with E-state index in [1.807, 2.05) is 58.9 Å². The fourth-order valence-electron chi connectivity index (χ4n) is 1.74. The van der Waals surface area contributed by atoms with E-state index in [-0.39, 0.29) is 18.3 Å². The first kappa shape index (κ1) is 18.0. The van der Waals surface area contributed by atoms with Crippen molar-refractivity contribution in [3.63, 3.8) is 0 Å². The molecule has 0 fully saturated rings. The van der Waals surface area contributed by atoms with Gasteiger partial charge < -0.3 is 19.3 Å². The maximum absolute atomic E-state index is 10.0. The molecule has 0 aliphatic rings. The maximum Gasteiger partial charge on any atom is 0.119 e. The Morgan fingerprint density at radius 3 is 2.19 bits per heavy atom. The normalized spacial score (nSPS) is 13.5. The van der Waals surface area contributed by atoms with E-state index >= 15 is 0 Å². The van der Waals surface area contributed by atoms with Gasteiger partial charge in [0.05, 0.1) is 31.5 Å². The lowest BCUT2D eigenvalue weighted by atomic mass is 10.1. The van der Waals surface area contributed by atoms with Gasteiger partial charge in [0.25, 0.3) is 0 Å².